The molecule has 0 aliphatic carbocycles. The predicted octanol–water partition coefficient (Wildman–Crippen LogP) is 2.28. The molecule has 0 bridgehead atoms. The highest BCUT2D eigenvalue weighted by Crippen LogP contribution is 2.29. The normalized spacial score (nSPS) is 11.2. The smallest absolute Gasteiger partial charge is 0.381 e. The molecule has 6 nitrogen and oxygen atoms in total. The number of carbonyl (C=O) groups is 1. The lowest BCUT2D eigenvalue weighted by atomic mass is 10.1. The third kappa shape index (κ3) is 4.48. The lowest BCUT2D eigenvalue weighted by Gasteiger charge is -2.09. The van der Waals surface area contributed by atoms with Crippen molar-refractivity contribution in [2.75, 3.05) is 18.4 Å². The van der Waals surface area contributed by atoms with E-state index in [1.165, 1.54) is 6.20 Å². The number of carbonyl (C=O) groups excluding carboxylic acids is 1. The van der Waals surface area contributed by atoms with Crippen molar-refractivity contribution in [1.29, 1.82) is 0 Å². The summed E-state index contributed by atoms with van der Waals surface area (Å²) < 4.78 is 37.3. The van der Waals surface area contributed by atoms with Crippen LogP contribution in [0.4, 0.5) is 18.9 Å². The number of hydrogen-bond acceptors (Lipinski definition) is 4. The van der Waals surface area contributed by atoms with Crippen LogP contribution in [0.2, 0.25) is 5.02 Å². The number of amides is 1. The molecular weight excluding hydrogens is 349 g/mol. The predicted molar refractivity (Wildman–Crippen MR) is 82.1 cm³/mol. The van der Waals surface area contributed by atoms with Crippen LogP contribution in [0.25, 0.3) is 0 Å². The number of aromatic nitrogens is 2. The third-order valence-corrected chi connectivity index (χ3v) is 3.37. The lowest BCUT2D eigenvalue weighted by Crippen LogP contribution is -2.29. The molecule has 0 saturated carbocycles. The van der Waals surface area contributed by atoms with Gasteiger partial charge in [-0.25, -0.2) is 5.10 Å². The van der Waals surface area contributed by atoms with Gasteiger partial charge in [-0.3, -0.25) is 9.59 Å². The van der Waals surface area contributed by atoms with Gasteiger partial charge in [-0.15, -0.1) is 0 Å². The standard InChI is InChI=1S/C14H12ClF3N4O2/c15-11-10(7-21-22-13(11)24)19-5-6-20-12(23)8-1-3-9(4-2-8)14(16,17)18/h1-4,7H,5-6H2,(H,20,23)(H2,19,22,24). The van der Waals surface area contributed by atoms with Gasteiger partial charge in [-0.1, -0.05) is 11.6 Å². The number of nitrogens with one attached hydrogen (secondary N) is 3. The van der Waals surface area contributed by atoms with E-state index in [0.29, 0.717) is 5.69 Å². The fraction of sp³-hybridized carbons (Fsp3) is 0.214. The van der Waals surface area contributed by atoms with E-state index in [-0.39, 0.29) is 23.7 Å². The molecule has 1 aromatic heterocycles. The van der Waals surface area contributed by atoms with Gasteiger partial charge >= 0.3 is 6.18 Å². The Labute approximate surface area is 139 Å². The molecule has 1 amide bonds. The minimum Gasteiger partial charge on any atom is -0.381 e. The van der Waals surface area contributed by atoms with Crippen molar-refractivity contribution < 1.29 is 18.0 Å². The van der Waals surface area contributed by atoms with Crippen LogP contribution in [0.5, 0.6) is 0 Å². The summed E-state index contributed by atoms with van der Waals surface area (Å²) in [4.78, 5) is 23.0. The zero-order valence-electron chi connectivity index (χ0n) is 12.1. The van der Waals surface area contributed by atoms with Crippen LogP contribution in [0, 0.1) is 0 Å². The molecule has 0 atom stereocenters. The van der Waals surface area contributed by atoms with Crippen molar-refractivity contribution in [2.24, 2.45) is 0 Å². The second-order valence-corrected chi connectivity index (χ2v) is 5.06. The first kappa shape index (κ1) is 17.8. The van der Waals surface area contributed by atoms with E-state index in [1.807, 2.05) is 0 Å². The van der Waals surface area contributed by atoms with Crippen molar-refractivity contribution in [2.45, 2.75) is 6.18 Å². The average Bonchev–Trinajstić information content (AvgIpc) is 2.54. The summed E-state index contributed by atoms with van der Waals surface area (Å²) in [6, 6.07) is 3.88. The van der Waals surface area contributed by atoms with E-state index >= 15 is 0 Å². The number of aromatic amines is 1. The highest BCUT2D eigenvalue weighted by Gasteiger charge is 2.30. The summed E-state index contributed by atoms with van der Waals surface area (Å²) in [5.41, 5.74) is -0.948. The molecule has 0 spiro atoms. The van der Waals surface area contributed by atoms with Crippen LogP contribution in [0.1, 0.15) is 15.9 Å². The minimum absolute atomic E-state index is 0.0564. The maximum absolute atomic E-state index is 12.4. The van der Waals surface area contributed by atoms with Gasteiger partial charge in [0.1, 0.15) is 5.02 Å². The van der Waals surface area contributed by atoms with Gasteiger partial charge in [0.2, 0.25) is 0 Å². The molecule has 128 valence electrons. The maximum Gasteiger partial charge on any atom is 0.416 e. The Morgan fingerprint density at radius 2 is 1.88 bits per heavy atom. The zero-order chi connectivity index (χ0) is 17.7. The Kier molecular flexibility index (Phi) is 5.45. The van der Waals surface area contributed by atoms with Gasteiger partial charge in [0.25, 0.3) is 11.5 Å². The number of anilines is 1. The first-order chi connectivity index (χ1) is 11.3. The summed E-state index contributed by atoms with van der Waals surface area (Å²) in [6.07, 6.45) is -3.12. The molecule has 2 aromatic rings. The third-order valence-electron chi connectivity index (χ3n) is 3.00. The molecule has 2 rings (SSSR count). The van der Waals surface area contributed by atoms with E-state index in [1.54, 1.807) is 0 Å². The van der Waals surface area contributed by atoms with Crippen molar-refractivity contribution in [3.05, 3.63) is 57.0 Å². The van der Waals surface area contributed by atoms with E-state index < -0.39 is 23.2 Å². The summed E-state index contributed by atoms with van der Waals surface area (Å²) in [7, 11) is 0. The number of alkyl halides is 3. The number of rotatable bonds is 5. The fourth-order valence-electron chi connectivity index (χ4n) is 1.79. The van der Waals surface area contributed by atoms with Crippen molar-refractivity contribution in [1.82, 2.24) is 15.5 Å². The molecular formula is C14H12ClF3N4O2. The van der Waals surface area contributed by atoms with E-state index in [0.717, 1.165) is 24.3 Å². The van der Waals surface area contributed by atoms with Gasteiger partial charge in [-0.2, -0.15) is 18.3 Å². The molecule has 10 heteroatoms. The Morgan fingerprint density at radius 1 is 1.21 bits per heavy atom. The Bertz CT molecular complexity index is 775. The van der Waals surface area contributed by atoms with Crippen LogP contribution < -0.4 is 16.2 Å². The molecule has 1 heterocycles. The highest BCUT2D eigenvalue weighted by atomic mass is 35.5. The van der Waals surface area contributed by atoms with Crippen molar-refractivity contribution >= 4 is 23.2 Å². The van der Waals surface area contributed by atoms with Gasteiger partial charge in [-0.05, 0) is 24.3 Å². The SMILES string of the molecule is O=C(NCCNc1cn[nH]c(=O)c1Cl)c1ccc(C(F)(F)F)cc1. The van der Waals surface area contributed by atoms with Crippen LogP contribution >= 0.6 is 11.6 Å². The Hall–Kier alpha value is -2.55. The second kappa shape index (κ2) is 7.35. The van der Waals surface area contributed by atoms with E-state index in [9.17, 15) is 22.8 Å². The van der Waals surface area contributed by atoms with Crippen molar-refractivity contribution in [3.8, 4) is 0 Å². The number of halogens is 4. The topological polar surface area (TPSA) is 86.9 Å². The van der Waals surface area contributed by atoms with Crippen LogP contribution in [-0.2, 0) is 6.18 Å². The van der Waals surface area contributed by atoms with Crippen molar-refractivity contribution in [3.63, 3.8) is 0 Å². The summed E-state index contributed by atoms with van der Waals surface area (Å²) in [6.45, 7) is 0.417. The van der Waals surface area contributed by atoms with Crippen LogP contribution in [0.15, 0.2) is 35.3 Å². The first-order valence-electron chi connectivity index (χ1n) is 6.71. The molecule has 0 aliphatic rings. The highest BCUT2D eigenvalue weighted by molar-refractivity contribution is 6.32. The Balaban J connectivity index is 1.85. The maximum atomic E-state index is 12.4. The number of H-pyrrole nitrogens is 1. The zero-order valence-corrected chi connectivity index (χ0v) is 12.8. The van der Waals surface area contributed by atoms with Crippen LogP contribution in [0.3, 0.4) is 0 Å². The van der Waals surface area contributed by atoms with E-state index in [4.69, 9.17) is 11.6 Å². The van der Waals surface area contributed by atoms with Gasteiger partial charge < -0.3 is 10.6 Å². The molecule has 1 aromatic carbocycles. The number of nitrogens with zero attached hydrogens (tertiary/aromatic N) is 1. The minimum atomic E-state index is -4.44. The van der Waals surface area contributed by atoms with E-state index in [2.05, 4.69) is 20.8 Å². The Morgan fingerprint density at radius 3 is 2.50 bits per heavy atom. The lowest BCUT2D eigenvalue weighted by molar-refractivity contribution is -0.137. The molecule has 24 heavy (non-hydrogen) atoms. The number of hydrogen-bond donors (Lipinski definition) is 3. The molecule has 0 radical (unpaired) electrons. The van der Waals surface area contributed by atoms with Gasteiger partial charge in [0.15, 0.2) is 0 Å². The summed E-state index contributed by atoms with van der Waals surface area (Å²) in [5.74, 6) is -0.513. The summed E-state index contributed by atoms with van der Waals surface area (Å²) in [5, 5.41) is 11.0. The average molecular weight is 361 g/mol. The quantitative estimate of drug-likeness (QED) is 0.714. The molecule has 0 fully saturated rings. The molecule has 3 N–H and O–H groups in total. The largest absolute Gasteiger partial charge is 0.416 e. The number of benzene rings is 1. The molecule has 0 saturated heterocycles. The van der Waals surface area contributed by atoms with Gasteiger partial charge in [0, 0.05) is 18.7 Å². The molecule has 0 unspecified atom stereocenters. The fourth-order valence-corrected chi connectivity index (χ4v) is 1.95. The first-order valence-corrected chi connectivity index (χ1v) is 7.09. The molecule has 0 aliphatic heterocycles. The summed E-state index contributed by atoms with van der Waals surface area (Å²) >= 11 is 5.76. The van der Waals surface area contributed by atoms with Crippen LogP contribution in [-0.4, -0.2) is 29.2 Å². The monoisotopic (exact) mass is 360 g/mol. The second-order valence-electron chi connectivity index (χ2n) is 4.68. The van der Waals surface area contributed by atoms with Gasteiger partial charge in [0.05, 0.1) is 17.4 Å².